The van der Waals surface area contributed by atoms with E-state index in [9.17, 15) is 4.79 Å². The van der Waals surface area contributed by atoms with E-state index in [1.165, 1.54) is 0 Å². The summed E-state index contributed by atoms with van der Waals surface area (Å²) >= 11 is 0. The lowest BCUT2D eigenvalue weighted by atomic mass is 10.3. The molecule has 1 saturated heterocycles. The molecule has 0 aromatic carbocycles. The lowest BCUT2D eigenvalue weighted by Gasteiger charge is -2.26. The minimum Gasteiger partial charge on any atom is -0.378 e. The van der Waals surface area contributed by atoms with Crippen LogP contribution in [-0.2, 0) is 23.1 Å². The van der Waals surface area contributed by atoms with Crippen molar-refractivity contribution in [3.63, 3.8) is 0 Å². The van der Waals surface area contributed by atoms with Crippen LogP contribution < -0.4 is 5.32 Å². The van der Waals surface area contributed by atoms with Crippen LogP contribution in [0.3, 0.4) is 0 Å². The molecule has 18 heavy (non-hydrogen) atoms. The summed E-state index contributed by atoms with van der Waals surface area (Å²) in [4.78, 5) is 13.7. The van der Waals surface area contributed by atoms with E-state index < -0.39 is 0 Å². The number of carbonyl (C=O) groups excluding carboxylic acids is 1. The number of hydrogen-bond donors (Lipinski definition) is 1. The molecule has 0 atom stereocenters. The van der Waals surface area contributed by atoms with Crippen LogP contribution in [0.4, 0.5) is 0 Å². The van der Waals surface area contributed by atoms with Crippen molar-refractivity contribution in [2.24, 2.45) is 7.05 Å². The number of aromatic nitrogens is 2. The van der Waals surface area contributed by atoms with Crippen molar-refractivity contribution in [1.29, 1.82) is 0 Å². The van der Waals surface area contributed by atoms with Gasteiger partial charge in [-0.2, -0.15) is 5.10 Å². The van der Waals surface area contributed by atoms with E-state index in [4.69, 9.17) is 4.74 Å². The third-order valence-corrected chi connectivity index (χ3v) is 2.95. The number of hydrogen-bond acceptors (Lipinski definition) is 4. The molecule has 6 nitrogen and oxygen atoms in total. The smallest absolute Gasteiger partial charge is 0.224 e. The second-order valence-corrected chi connectivity index (χ2v) is 4.40. The standard InChI is InChI=1S/C12H20N4O2/c1-15-5-3-11(14-15)10-13-4-2-12(17)16-6-8-18-9-7-16/h3,5,13H,2,4,6-10H2,1H3. The maximum absolute atomic E-state index is 11.8. The Hall–Kier alpha value is -1.40. The molecule has 1 fully saturated rings. The molecule has 1 aliphatic rings. The molecule has 0 saturated carbocycles. The van der Waals surface area contributed by atoms with Crippen molar-refractivity contribution in [2.45, 2.75) is 13.0 Å². The zero-order valence-corrected chi connectivity index (χ0v) is 10.8. The molecule has 0 aliphatic carbocycles. The Bertz CT molecular complexity index is 385. The van der Waals surface area contributed by atoms with Crippen LogP contribution in [0.2, 0.25) is 0 Å². The summed E-state index contributed by atoms with van der Waals surface area (Å²) in [6.45, 7) is 4.16. The Balaban J connectivity index is 1.61. The van der Waals surface area contributed by atoms with Gasteiger partial charge in [-0.05, 0) is 6.07 Å². The highest BCUT2D eigenvalue weighted by Crippen LogP contribution is 2.00. The van der Waals surface area contributed by atoms with Crippen molar-refractivity contribution < 1.29 is 9.53 Å². The molecule has 0 unspecified atom stereocenters. The third kappa shape index (κ3) is 3.82. The minimum atomic E-state index is 0.201. The molecule has 100 valence electrons. The highest BCUT2D eigenvalue weighted by Gasteiger charge is 2.15. The van der Waals surface area contributed by atoms with Gasteiger partial charge in [-0.15, -0.1) is 0 Å². The molecule has 1 N–H and O–H groups in total. The van der Waals surface area contributed by atoms with Crippen LogP contribution in [0.1, 0.15) is 12.1 Å². The second-order valence-electron chi connectivity index (χ2n) is 4.40. The van der Waals surface area contributed by atoms with E-state index in [1.54, 1.807) is 4.68 Å². The summed E-state index contributed by atoms with van der Waals surface area (Å²) < 4.78 is 6.99. The van der Waals surface area contributed by atoms with Gasteiger partial charge in [-0.3, -0.25) is 9.48 Å². The number of morpholine rings is 1. The lowest BCUT2D eigenvalue weighted by molar-refractivity contribution is -0.135. The molecule has 6 heteroatoms. The Morgan fingerprint density at radius 2 is 2.28 bits per heavy atom. The molecule has 2 heterocycles. The summed E-state index contributed by atoms with van der Waals surface area (Å²) in [5.74, 6) is 0.201. The maximum atomic E-state index is 11.8. The number of rotatable bonds is 5. The van der Waals surface area contributed by atoms with Gasteiger partial charge < -0.3 is 15.0 Å². The van der Waals surface area contributed by atoms with Gasteiger partial charge in [0.1, 0.15) is 0 Å². The fourth-order valence-electron chi connectivity index (χ4n) is 1.94. The molecule has 1 aromatic heterocycles. The normalized spacial score (nSPS) is 15.9. The summed E-state index contributed by atoms with van der Waals surface area (Å²) in [5, 5.41) is 7.49. The van der Waals surface area contributed by atoms with E-state index in [1.807, 2.05) is 24.2 Å². The number of nitrogens with zero attached hydrogens (tertiary/aromatic N) is 3. The summed E-state index contributed by atoms with van der Waals surface area (Å²) in [7, 11) is 1.89. The quantitative estimate of drug-likeness (QED) is 0.735. The van der Waals surface area contributed by atoms with Gasteiger partial charge >= 0.3 is 0 Å². The molecule has 2 rings (SSSR count). The Morgan fingerprint density at radius 3 is 2.94 bits per heavy atom. The zero-order chi connectivity index (χ0) is 12.8. The summed E-state index contributed by atoms with van der Waals surface area (Å²) in [5.41, 5.74) is 0.997. The van der Waals surface area contributed by atoms with Crippen molar-refractivity contribution in [2.75, 3.05) is 32.8 Å². The SMILES string of the molecule is Cn1ccc(CNCCC(=O)N2CCOCC2)n1. The van der Waals surface area contributed by atoms with Gasteiger partial charge in [0, 0.05) is 45.8 Å². The first-order valence-corrected chi connectivity index (χ1v) is 6.30. The van der Waals surface area contributed by atoms with Crippen LogP contribution in [0.25, 0.3) is 0 Å². The highest BCUT2D eigenvalue weighted by molar-refractivity contribution is 5.76. The molecular weight excluding hydrogens is 232 g/mol. The fourth-order valence-corrected chi connectivity index (χ4v) is 1.94. The Kier molecular flexibility index (Phi) is 4.72. The zero-order valence-electron chi connectivity index (χ0n) is 10.8. The predicted octanol–water partition coefficient (Wildman–Crippen LogP) is -0.241. The van der Waals surface area contributed by atoms with E-state index in [2.05, 4.69) is 10.4 Å². The molecule has 0 spiro atoms. The van der Waals surface area contributed by atoms with Crippen molar-refractivity contribution in [3.05, 3.63) is 18.0 Å². The van der Waals surface area contributed by atoms with E-state index in [0.29, 0.717) is 32.7 Å². The number of aryl methyl sites for hydroxylation is 1. The molecule has 0 radical (unpaired) electrons. The fraction of sp³-hybridized carbons (Fsp3) is 0.667. The van der Waals surface area contributed by atoms with Gasteiger partial charge in [0.15, 0.2) is 0 Å². The minimum absolute atomic E-state index is 0.201. The van der Waals surface area contributed by atoms with E-state index >= 15 is 0 Å². The average molecular weight is 252 g/mol. The highest BCUT2D eigenvalue weighted by atomic mass is 16.5. The molecule has 1 aromatic rings. The van der Waals surface area contributed by atoms with Crippen molar-refractivity contribution in [3.8, 4) is 0 Å². The van der Waals surface area contributed by atoms with Crippen molar-refractivity contribution >= 4 is 5.91 Å². The number of nitrogens with one attached hydrogen (secondary N) is 1. The first-order valence-electron chi connectivity index (χ1n) is 6.30. The van der Waals surface area contributed by atoms with E-state index in [0.717, 1.165) is 18.8 Å². The Labute approximate surface area is 107 Å². The summed E-state index contributed by atoms with van der Waals surface area (Å²) in [6, 6.07) is 1.97. The van der Waals surface area contributed by atoms with Crippen LogP contribution in [-0.4, -0.2) is 53.4 Å². The molecule has 1 aliphatic heterocycles. The second kappa shape index (κ2) is 6.51. The lowest BCUT2D eigenvalue weighted by Crippen LogP contribution is -2.41. The monoisotopic (exact) mass is 252 g/mol. The van der Waals surface area contributed by atoms with Gasteiger partial charge in [-0.25, -0.2) is 0 Å². The first kappa shape index (κ1) is 13.0. The van der Waals surface area contributed by atoms with E-state index in [-0.39, 0.29) is 5.91 Å². The van der Waals surface area contributed by atoms with Crippen LogP contribution in [0.5, 0.6) is 0 Å². The average Bonchev–Trinajstić information content (AvgIpc) is 2.81. The number of amides is 1. The Morgan fingerprint density at radius 1 is 1.50 bits per heavy atom. The first-order chi connectivity index (χ1) is 8.75. The van der Waals surface area contributed by atoms with Crippen LogP contribution in [0.15, 0.2) is 12.3 Å². The maximum Gasteiger partial charge on any atom is 0.224 e. The number of ether oxygens (including phenoxy) is 1. The molecule has 1 amide bonds. The third-order valence-electron chi connectivity index (χ3n) is 2.95. The number of carbonyl (C=O) groups is 1. The van der Waals surface area contributed by atoms with Crippen molar-refractivity contribution in [1.82, 2.24) is 20.0 Å². The topological polar surface area (TPSA) is 59.4 Å². The van der Waals surface area contributed by atoms with Gasteiger partial charge in [0.05, 0.1) is 18.9 Å². The van der Waals surface area contributed by atoms with Crippen LogP contribution in [0, 0.1) is 0 Å². The molecule has 0 bridgehead atoms. The summed E-state index contributed by atoms with van der Waals surface area (Å²) in [6.07, 6.45) is 2.45. The van der Waals surface area contributed by atoms with Crippen LogP contribution >= 0.6 is 0 Å². The van der Waals surface area contributed by atoms with Gasteiger partial charge in [-0.1, -0.05) is 0 Å². The molecular formula is C12H20N4O2. The van der Waals surface area contributed by atoms with Gasteiger partial charge in [0.25, 0.3) is 0 Å². The predicted molar refractivity (Wildman–Crippen MR) is 66.9 cm³/mol. The largest absolute Gasteiger partial charge is 0.378 e. The van der Waals surface area contributed by atoms with Gasteiger partial charge in [0.2, 0.25) is 5.91 Å².